The third kappa shape index (κ3) is 3.59. The zero-order chi connectivity index (χ0) is 16.3. The number of amides is 2. The van der Waals surface area contributed by atoms with Crippen molar-refractivity contribution < 1.29 is 9.59 Å². The van der Waals surface area contributed by atoms with E-state index in [1.54, 1.807) is 7.05 Å². The first-order valence-corrected chi connectivity index (χ1v) is 8.62. The molecule has 0 aromatic heterocycles. The molecule has 7 nitrogen and oxygen atoms in total. The Bertz CT molecular complexity index is 501. The van der Waals surface area contributed by atoms with Crippen molar-refractivity contribution in [2.75, 3.05) is 46.3 Å². The van der Waals surface area contributed by atoms with E-state index in [0.29, 0.717) is 13.0 Å². The highest BCUT2D eigenvalue weighted by atomic mass is 16.2. The zero-order valence-corrected chi connectivity index (χ0v) is 13.9. The highest BCUT2D eigenvalue weighted by molar-refractivity contribution is 5.87. The van der Waals surface area contributed by atoms with E-state index in [-0.39, 0.29) is 17.2 Å². The molecule has 2 N–H and O–H groups in total. The number of likely N-dealkylation sites (tertiary alicyclic amines) is 2. The van der Waals surface area contributed by atoms with Crippen LogP contribution < -0.4 is 10.6 Å². The summed E-state index contributed by atoms with van der Waals surface area (Å²) in [6.45, 7) is 4.55. The quantitative estimate of drug-likeness (QED) is 0.545. The number of hydrogen-bond donors (Lipinski definition) is 2. The molecule has 0 radical (unpaired) electrons. The molecule has 1 unspecified atom stereocenters. The van der Waals surface area contributed by atoms with Crippen LogP contribution in [0.4, 0.5) is 0 Å². The molecule has 1 spiro atoms. The van der Waals surface area contributed by atoms with Crippen molar-refractivity contribution in [3.05, 3.63) is 0 Å². The highest BCUT2D eigenvalue weighted by Gasteiger charge is 2.42. The lowest BCUT2D eigenvalue weighted by Crippen LogP contribution is -2.52. The van der Waals surface area contributed by atoms with Gasteiger partial charge in [-0.25, -0.2) is 0 Å². The standard InChI is InChI=1S/C16H27N5O2/c1-17-15(18-10-14(23)20-6-2-3-7-20)21-8-4-5-16(12-21)9-13(22)19-11-16/h2-12H2,1H3,(H,17,18)(H,19,22). The second-order valence-corrected chi connectivity index (χ2v) is 6.97. The molecule has 0 aliphatic carbocycles. The van der Waals surface area contributed by atoms with Crippen LogP contribution in [0.25, 0.3) is 0 Å². The van der Waals surface area contributed by atoms with Crippen LogP contribution in [-0.2, 0) is 9.59 Å². The summed E-state index contributed by atoms with van der Waals surface area (Å²) in [5.41, 5.74) is 0.0336. The van der Waals surface area contributed by atoms with E-state index in [1.807, 2.05) is 4.90 Å². The molecule has 3 aliphatic rings. The van der Waals surface area contributed by atoms with Crippen molar-refractivity contribution in [2.45, 2.75) is 32.1 Å². The fourth-order valence-corrected chi connectivity index (χ4v) is 3.99. The van der Waals surface area contributed by atoms with Crippen molar-refractivity contribution in [3.63, 3.8) is 0 Å². The fourth-order valence-electron chi connectivity index (χ4n) is 3.99. The Labute approximate surface area is 137 Å². The summed E-state index contributed by atoms with van der Waals surface area (Å²) in [6.07, 6.45) is 4.95. The van der Waals surface area contributed by atoms with Gasteiger partial charge in [0.05, 0.1) is 6.54 Å². The van der Waals surface area contributed by atoms with Crippen LogP contribution in [0.1, 0.15) is 32.1 Å². The molecule has 0 bridgehead atoms. The topological polar surface area (TPSA) is 77.0 Å². The Morgan fingerprint density at radius 1 is 1.26 bits per heavy atom. The molecule has 3 heterocycles. The first kappa shape index (κ1) is 16.1. The maximum atomic E-state index is 12.2. The van der Waals surface area contributed by atoms with Crippen LogP contribution in [-0.4, -0.2) is 73.9 Å². The Hall–Kier alpha value is -1.79. The average molecular weight is 321 g/mol. The minimum Gasteiger partial charge on any atom is -0.355 e. The number of carbonyl (C=O) groups excluding carboxylic acids is 2. The number of hydrogen-bond acceptors (Lipinski definition) is 3. The lowest BCUT2D eigenvalue weighted by Gasteiger charge is -2.40. The molecule has 128 valence electrons. The Balaban J connectivity index is 1.55. The SMILES string of the molecule is CN=C(NCC(=O)N1CCCC1)N1CCCC2(CNC(=O)C2)C1. The first-order valence-electron chi connectivity index (χ1n) is 8.62. The molecule has 23 heavy (non-hydrogen) atoms. The minimum absolute atomic E-state index is 0.0336. The van der Waals surface area contributed by atoms with Crippen molar-refractivity contribution >= 4 is 17.8 Å². The summed E-state index contributed by atoms with van der Waals surface area (Å²) in [5.74, 6) is 1.07. The van der Waals surface area contributed by atoms with Gasteiger partial charge >= 0.3 is 0 Å². The highest BCUT2D eigenvalue weighted by Crippen LogP contribution is 2.35. The maximum absolute atomic E-state index is 12.2. The summed E-state index contributed by atoms with van der Waals surface area (Å²) in [6, 6.07) is 0. The van der Waals surface area contributed by atoms with Gasteiger partial charge in [0.1, 0.15) is 0 Å². The van der Waals surface area contributed by atoms with Crippen LogP contribution in [0.5, 0.6) is 0 Å². The molecule has 3 aliphatic heterocycles. The largest absolute Gasteiger partial charge is 0.355 e. The molecule has 3 fully saturated rings. The van der Waals surface area contributed by atoms with Gasteiger partial charge in [-0.3, -0.25) is 14.6 Å². The molecule has 0 aromatic carbocycles. The number of piperidine rings is 1. The summed E-state index contributed by atoms with van der Waals surface area (Å²) < 4.78 is 0. The van der Waals surface area contributed by atoms with Crippen LogP contribution in [0.3, 0.4) is 0 Å². The average Bonchev–Trinajstić information content (AvgIpc) is 3.19. The van der Waals surface area contributed by atoms with E-state index in [4.69, 9.17) is 0 Å². The second-order valence-electron chi connectivity index (χ2n) is 6.97. The smallest absolute Gasteiger partial charge is 0.241 e. The van der Waals surface area contributed by atoms with Gasteiger partial charge < -0.3 is 20.4 Å². The van der Waals surface area contributed by atoms with Gasteiger partial charge in [0.2, 0.25) is 11.8 Å². The van der Waals surface area contributed by atoms with E-state index < -0.39 is 0 Å². The Kier molecular flexibility index (Phi) is 4.73. The van der Waals surface area contributed by atoms with Crippen LogP contribution in [0.15, 0.2) is 4.99 Å². The minimum atomic E-state index is 0.0336. The summed E-state index contributed by atoms with van der Waals surface area (Å²) in [7, 11) is 1.75. The zero-order valence-electron chi connectivity index (χ0n) is 13.9. The van der Waals surface area contributed by atoms with Crippen molar-refractivity contribution in [1.29, 1.82) is 0 Å². The third-order valence-corrected chi connectivity index (χ3v) is 5.23. The molecule has 3 rings (SSSR count). The predicted molar refractivity (Wildman–Crippen MR) is 88.0 cm³/mol. The van der Waals surface area contributed by atoms with E-state index in [0.717, 1.165) is 64.4 Å². The lowest BCUT2D eigenvalue weighted by atomic mass is 9.79. The molecular weight excluding hydrogens is 294 g/mol. The molecule has 2 amide bonds. The number of rotatable bonds is 2. The number of guanidine groups is 1. The lowest BCUT2D eigenvalue weighted by molar-refractivity contribution is -0.129. The number of nitrogens with one attached hydrogen (secondary N) is 2. The van der Waals surface area contributed by atoms with Gasteiger partial charge in [-0.2, -0.15) is 0 Å². The van der Waals surface area contributed by atoms with Gasteiger partial charge in [-0.15, -0.1) is 0 Å². The number of aliphatic imine (C=N–C) groups is 1. The van der Waals surface area contributed by atoms with Crippen molar-refractivity contribution in [3.8, 4) is 0 Å². The van der Waals surface area contributed by atoms with Gasteiger partial charge in [-0.1, -0.05) is 0 Å². The normalized spacial score (nSPS) is 28.4. The summed E-state index contributed by atoms with van der Waals surface area (Å²) in [5, 5.41) is 6.17. The fraction of sp³-hybridized carbons (Fsp3) is 0.812. The van der Waals surface area contributed by atoms with Crippen molar-refractivity contribution in [2.24, 2.45) is 10.4 Å². The van der Waals surface area contributed by atoms with E-state index in [1.165, 1.54) is 0 Å². The molecule has 7 heteroatoms. The Morgan fingerprint density at radius 3 is 2.65 bits per heavy atom. The summed E-state index contributed by atoms with van der Waals surface area (Å²) in [4.78, 5) is 32.2. The predicted octanol–water partition coefficient (Wildman–Crippen LogP) is -0.214. The van der Waals surface area contributed by atoms with E-state index >= 15 is 0 Å². The van der Waals surface area contributed by atoms with Crippen LogP contribution >= 0.6 is 0 Å². The second kappa shape index (κ2) is 6.76. The molecular formula is C16H27N5O2. The number of carbonyl (C=O) groups is 2. The van der Waals surface area contributed by atoms with Crippen LogP contribution in [0, 0.1) is 5.41 Å². The molecule has 1 atom stereocenters. The molecule has 0 saturated carbocycles. The van der Waals surface area contributed by atoms with Crippen molar-refractivity contribution in [1.82, 2.24) is 20.4 Å². The van der Waals surface area contributed by atoms with Gasteiger partial charge in [0.25, 0.3) is 0 Å². The monoisotopic (exact) mass is 321 g/mol. The van der Waals surface area contributed by atoms with Gasteiger partial charge in [-0.05, 0) is 25.7 Å². The number of nitrogens with zero attached hydrogens (tertiary/aromatic N) is 3. The van der Waals surface area contributed by atoms with E-state index in [9.17, 15) is 9.59 Å². The third-order valence-electron chi connectivity index (χ3n) is 5.23. The molecule has 0 aromatic rings. The molecule has 3 saturated heterocycles. The summed E-state index contributed by atoms with van der Waals surface area (Å²) >= 11 is 0. The first-order chi connectivity index (χ1) is 11.1. The van der Waals surface area contributed by atoms with Crippen LogP contribution in [0.2, 0.25) is 0 Å². The van der Waals surface area contributed by atoms with Gasteiger partial charge in [0, 0.05) is 51.6 Å². The maximum Gasteiger partial charge on any atom is 0.241 e. The van der Waals surface area contributed by atoms with Gasteiger partial charge in [0.15, 0.2) is 5.96 Å². The van der Waals surface area contributed by atoms with E-state index in [2.05, 4.69) is 20.5 Å². The Morgan fingerprint density at radius 2 is 2.00 bits per heavy atom.